The number of carbonyl (C=O) groups is 1. The fraction of sp³-hybridized carbons (Fsp3) is 0.200. The molecule has 25 heavy (non-hydrogen) atoms. The SMILES string of the molecule is Cc1csc(C(C)(C)NC(=O)c2cccc(Oc3ccccc3)c2)n1. The van der Waals surface area contributed by atoms with E-state index in [2.05, 4.69) is 10.3 Å². The van der Waals surface area contributed by atoms with Crippen LogP contribution in [0, 0.1) is 6.92 Å². The number of para-hydroxylation sites is 1. The highest BCUT2D eigenvalue weighted by molar-refractivity contribution is 7.09. The van der Waals surface area contributed by atoms with Gasteiger partial charge in [-0.2, -0.15) is 0 Å². The van der Waals surface area contributed by atoms with E-state index in [1.807, 2.05) is 68.6 Å². The molecule has 0 aliphatic heterocycles. The molecule has 1 N–H and O–H groups in total. The predicted octanol–water partition coefficient (Wildman–Crippen LogP) is 4.91. The van der Waals surface area contributed by atoms with Gasteiger partial charge in [-0.15, -0.1) is 11.3 Å². The maximum atomic E-state index is 12.7. The Labute approximate surface area is 151 Å². The van der Waals surface area contributed by atoms with Gasteiger partial charge >= 0.3 is 0 Å². The standard InChI is InChI=1S/C20H20N2O2S/c1-14-13-25-19(21-14)20(2,3)22-18(23)15-8-7-11-17(12-15)24-16-9-5-4-6-10-16/h4-13H,1-3H3,(H,22,23). The minimum Gasteiger partial charge on any atom is -0.457 e. The van der Waals surface area contributed by atoms with E-state index < -0.39 is 5.54 Å². The molecule has 5 heteroatoms. The summed E-state index contributed by atoms with van der Waals surface area (Å²) in [6.07, 6.45) is 0. The molecule has 0 spiro atoms. The van der Waals surface area contributed by atoms with Crippen molar-refractivity contribution in [1.29, 1.82) is 0 Å². The number of thiazole rings is 1. The van der Waals surface area contributed by atoms with E-state index in [-0.39, 0.29) is 5.91 Å². The first-order valence-electron chi connectivity index (χ1n) is 8.02. The van der Waals surface area contributed by atoms with Crippen molar-refractivity contribution in [2.45, 2.75) is 26.3 Å². The van der Waals surface area contributed by atoms with Crippen LogP contribution in [0.3, 0.4) is 0 Å². The molecule has 1 heterocycles. The van der Waals surface area contributed by atoms with Crippen molar-refractivity contribution in [2.75, 3.05) is 0 Å². The molecule has 0 fully saturated rings. The molecule has 0 atom stereocenters. The van der Waals surface area contributed by atoms with Crippen molar-refractivity contribution in [3.05, 3.63) is 76.2 Å². The first kappa shape index (κ1) is 17.2. The normalized spacial score (nSPS) is 11.2. The Morgan fingerprint density at radius 2 is 1.80 bits per heavy atom. The van der Waals surface area contributed by atoms with Gasteiger partial charge in [0, 0.05) is 16.6 Å². The fourth-order valence-corrected chi connectivity index (χ4v) is 3.25. The molecule has 0 aliphatic rings. The monoisotopic (exact) mass is 352 g/mol. The third-order valence-electron chi connectivity index (χ3n) is 3.65. The Kier molecular flexibility index (Phi) is 4.86. The van der Waals surface area contributed by atoms with Crippen LogP contribution in [0.4, 0.5) is 0 Å². The molecule has 1 aromatic heterocycles. The second-order valence-electron chi connectivity index (χ2n) is 6.32. The zero-order valence-electron chi connectivity index (χ0n) is 14.4. The maximum absolute atomic E-state index is 12.7. The largest absolute Gasteiger partial charge is 0.457 e. The van der Waals surface area contributed by atoms with Gasteiger partial charge in [-0.3, -0.25) is 4.79 Å². The van der Waals surface area contributed by atoms with Gasteiger partial charge in [-0.05, 0) is 51.1 Å². The number of aromatic nitrogens is 1. The lowest BCUT2D eigenvalue weighted by Gasteiger charge is -2.24. The third-order valence-corrected chi connectivity index (χ3v) is 4.94. The molecule has 0 saturated heterocycles. The van der Waals surface area contributed by atoms with Gasteiger partial charge in [-0.1, -0.05) is 24.3 Å². The fourth-order valence-electron chi connectivity index (χ4n) is 2.38. The van der Waals surface area contributed by atoms with E-state index in [1.54, 1.807) is 23.5 Å². The third kappa shape index (κ3) is 4.25. The Morgan fingerprint density at radius 1 is 1.08 bits per heavy atom. The summed E-state index contributed by atoms with van der Waals surface area (Å²) >= 11 is 1.55. The molecule has 0 saturated carbocycles. The maximum Gasteiger partial charge on any atom is 0.252 e. The van der Waals surface area contributed by atoms with Crippen LogP contribution >= 0.6 is 11.3 Å². The zero-order chi connectivity index (χ0) is 17.9. The van der Waals surface area contributed by atoms with Crippen LogP contribution in [-0.2, 0) is 5.54 Å². The van der Waals surface area contributed by atoms with Crippen molar-refractivity contribution in [1.82, 2.24) is 10.3 Å². The highest BCUT2D eigenvalue weighted by Crippen LogP contribution is 2.25. The number of nitrogens with zero attached hydrogens (tertiary/aromatic N) is 1. The number of aryl methyl sites for hydroxylation is 1. The number of rotatable bonds is 5. The number of nitrogens with one attached hydrogen (secondary N) is 1. The minimum absolute atomic E-state index is 0.156. The molecule has 1 amide bonds. The van der Waals surface area contributed by atoms with Crippen LogP contribution in [0.5, 0.6) is 11.5 Å². The quantitative estimate of drug-likeness (QED) is 0.710. The van der Waals surface area contributed by atoms with Crippen LogP contribution in [0.1, 0.15) is 34.9 Å². The summed E-state index contributed by atoms with van der Waals surface area (Å²) in [5.74, 6) is 1.21. The number of hydrogen-bond donors (Lipinski definition) is 1. The van der Waals surface area contributed by atoms with Crippen molar-refractivity contribution < 1.29 is 9.53 Å². The van der Waals surface area contributed by atoms with Crippen LogP contribution < -0.4 is 10.1 Å². The number of amides is 1. The van der Waals surface area contributed by atoms with Crippen LogP contribution in [0.15, 0.2) is 60.0 Å². The molecule has 0 aliphatic carbocycles. The average Bonchev–Trinajstić information content (AvgIpc) is 3.03. The van der Waals surface area contributed by atoms with Crippen molar-refractivity contribution >= 4 is 17.2 Å². The van der Waals surface area contributed by atoms with Gasteiger partial charge in [0.2, 0.25) is 0 Å². The predicted molar refractivity (Wildman–Crippen MR) is 100 cm³/mol. The van der Waals surface area contributed by atoms with Gasteiger partial charge in [-0.25, -0.2) is 4.98 Å². The molecular weight excluding hydrogens is 332 g/mol. The number of ether oxygens (including phenoxy) is 1. The molecule has 0 bridgehead atoms. The lowest BCUT2D eigenvalue weighted by Crippen LogP contribution is -2.40. The summed E-state index contributed by atoms with van der Waals surface area (Å²) in [4.78, 5) is 17.1. The van der Waals surface area contributed by atoms with E-state index >= 15 is 0 Å². The summed E-state index contributed by atoms with van der Waals surface area (Å²) < 4.78 is 5.80. The van der Waals surface area contributed by atoms with Crippen LogP contribution in [-0.4, -0.2) is 10.9 Å². The molecule has 4 nitrogen and oxygen atoms in total. The van der Waals surface area contributed by atoms with Crippen LogP contribution in [0.2, 0.25) is 0 Å². The van der Waals surface area contributed by atoms with Crippen molar-refractivity contribution in [2.24, 2.45) is 0 Å². The number of carbonyl (C=O) groups excluding carboxylic acids is 1. The van der Waals surface area contributed by atoms with Crippen molar-refractivity contribution in [3.63, 3.8) is 0 Å². The lowest BCUT2D eigenvalue weighted by atomic mass is 10.1. The van der Waals surface area contributed by atoms with Gasteiger partial charge < -0.3 is 10.1 Å². The molecular formula is C20H20N2O2S. The average molecular weight is 352 g/mol. The minimum atomic E-state index is -0.535. The Morgan fingerprint density at radius 3 is 2.48 bits per heavy atom. The second kappa shape index (κ2) is 7.07. The van der Waals surface area contributed by atoms with Crippen molar-refractivity contribution in [3.8, 4) is 11.5 Å². The zero-order valence-corrected chi connectivity index (χ0v) is 15.3. The highest BCUT2D eigenvalue weighted by Gasteiger charge is 2.26. The molecule has 0 radical (unpaired) electrons. The van der Waals surface area contributed by atoms with E-state index in [0.29, 0.717) is 11.3 Å². The summed E-state index contributed by atoms with van der Waals surface area (Å²) in [5.41, 5.74) is 0.974. The lowest BCUT2D eigenvalue weighted by molar-refractivity contribution is 0.0911. The Hall–Kier alpha value is -2.66. The summed E-state index contributed by atoms with van der Waals surface area (Å²) in [5, 5.41) is 5.91. The Balaban J connectivity index is 1.75. The van der Waals surface area contributed by atoms with Gasteiger partial charge in [0.1, 0.15) is 16.5 Å². The molecule has 2 aromatic carbocycles. The summed E-state index contributed by atoms with van der Waals surface area (Å²) in [7, 11) is 0. The Bertz CT molecular complexity index is 872. The first-order chi connectivity index (χ1) is 11.9. The molecule has 0 unspecified atom stereocenters. The molecule has 3 rings (SSSR count). The summed E-state index contributed by atoms with van der Waals surface area (Å²) in [6.45, 7) is 5.85. The number of benzene rings is 2. The van der Waals surface area contributed by atoms with E-state index in [0.717, 1.165) is 16.5 Å². The molecule has 3 aromatic rings. The molecule has 128 valence electrons. The highest BCUT2D eigenvalue weighted by atomic mass is 32.1. The summed E-state index contributed by atoms with van der Waals surface area (Å²) in [6, 6.07) is 16.7. The smallest absolute Gasteiger partial charge is 0.252 e. The number of hydrogen-bond acceptors (Lipinski definition) is 4. The van der Waals surface area contributed by atoms with E-state index in [1.165, 1.54) is 0 Å². The van der Waals surface area contributed by atoms with E-state index in [4.69, 9.17) is 4.74 Å². The van der Waals surface area contributed by atoms with Crippen LogP contribution in [0.25, 0.3) is 0 Å². The topological polar surface area (TPSA) is 51.2 Å². The first-order valence-corrected chi connectivity index (χ1v) is 8.90. The van der Waals surface area contributed by atoms with Gasteiger partial charge in [0.05, 0.1) is 5.54 Å². The van der Waals surface area contributed by atoms with Gasteiger partial charge in [0.25, 0.3) is 5.91 Å². The second-order valence-corrected chi connectivity index (χ2v) is 7.17. The van der Waals surface area contributed by atoms with E-state index in [9.17, 15) is 4.79 Å². The van der Waals surface area contributed by atoms with Gasteiger partial charge in [0.15, 0.2) is 0 Å².